The van der Waals surface area contributed by atoms with Crippen molar-refractivity contribution in [1.82, 2.24) is 15.1 Å². The lowest BCUT2D eigenvalue weighted by Gasteiger charge is -2.32. The van der Waals surface area contributed by atoms with Crippen molar-refractivity contribution >= 4 is 11.8 Å². The maximum Gasteiger partial charge on any atom is 0.236 e. The molecule has 1 fully saturated rings. The van der Waals surface area contributed by atoms with Crippen LogP contribution in [0.4, 0.5) is 0 Å². The molecule has 0 aliphatic carbocycles. The van der Waals surface area contributed by atoms with Crippen LogP contribution < -0.4 is 11.1 Å². The van der Waals surface area contributed by atoms with Crippen LogP contribution in [-0.4, -0.2) is 67.9 Å². The van der Waals surface area contributed by atoms with Crippen LogP contribution in [0.15, 0.2) is 0 Å². The largest absolute Gasteiger partial charge is 0.369 e. The molecule has 3 N–H and O–H groups in total. The summed E-state index contributed by atoms with van der Waals surface area (Å²) in [5.41, 5.74) is 4.64. The Hall–Kier alpha value is -1.14. The maximum absolute atomic E-state index is 11.9. The maximum atomic E-state index is 11.9. The predicted octanol–water partition coefficient (Wildman–Crippen LogP) is -1.14. The molecule has 6 heteroatoms. The van der Waals surface area contributed by atoms with E-state index < -0.39 is 5.41 Å². The smallest absolute Gasteiger partial charge is 0.236 e. The van der Waals surface area contributed by atoms with Gasteiger partial charge < -0.3 is 20.9 Å². The van der Waals surface area contributed by atoms with Crippen molar-refractivity contribution in [3.8, 4) is 0 Å². The second-order valence-electron chi connectivity index (χ2n) is 5.54. The fourth-order valence-corrected chi connectivity index (χ4v) is 1.74. The molecule has 1 aliphatic heterocycles. The van der Waals surface area contributed by atoms with Gasteiger partial charge in [-0.05, 0) is 20.9 Å². The summed E-state index contributed by atoms with van der Waals surface area (Å²) in [5, 5.41) is 3.01. The van der Waals surface area contributed by atoms with Gasteiger partial charge in [0.2, 0.25) is 11.8 Å². The molecule has 0 unspecified atom stereocenters. The number of hydrogen-bond donors (Lipinski definition) is 2. The SMILES string of the molecule is CN1CCN(C(=O)CNCC(C)(C)C(N)=O)CC1. The number of rotatable bonds is 5. The molecule has 1 saturated heterocycles. The second kappa shape index (κ2) is 6.15. The summed E-state index contributed by atoms with van der Waals surface area (Å²) in [7, 11) is 2.05. The van der Waals surface area contributed by atoms with E-state index in [-0.39, 0.29) is 18.4 Å². The Morgan fingerprint density at radius 3 is 2.28 bits per heavy atom. The molecule has 0 aromatic heterocycles. The number of piperazine rings is 1. The molecule has 0 bridgehead atoms. The summed E-state index contributed by atoms with van der Waals surface area (Å²) in [4.78, 5) is 27.1. The Bertz CT molecular complexity index is 309. The van der Waals surface area contributed by atoms with E-state index in [1.807, 2.05) is 4.90 Å². The standard InChI is InChI=1S/C12H24N4O2/c1-12(2,11(13)18)9-14-8-10(17)16-6-4-15(3)5-7-16/h14H,4-9H2,1-3H3,(H2,13,18). The first kappa shape index (κ1) is 14.9. The average molecular weight is 256 g/mol. The fourth-order valence-electron chi connectivity index (χ4n) is 1.74. The minimum atomic E-state index is -0.623. The zero-order valence-corrected chi connectivity index (χ0v) is 11.5. The summed E-state index contributed by atoms with van der Waals surface area (Å²) in [6.45, 7) is 7.59. The minimum absolute atomic E-state index is 0.0865. The highest BCUT2D eigenvalue weighted by molar-refractivity contribution is 5.81. The lowest BCUT2D eigenvalue weighted by molar-refractivity contribution is -0.132. The van der Waals surface area contributed by atoms with E-state index in [0.717, 1.165) is 26.2 Å². The Balaban J connectivity index is 2.27. The van der Waals surface area contributed by atoms with Crippen LogP contribution in [-0.2, 0) is 9.59 Å². The van der Waals surface area contributed by atoms with E-state index in [1.165, 1.54) is 0 Å². The molecule has 104 valence electrons. The lowest BCUT2D eigenvalue weighted by atomic mass is 9.93. The van der Waals surface area contributed by atoms with E-state index in [1.54, 1.807) is 13.8 Å². The summed E-state index contributed by atoms with van der Waals surface area (Å²) in [6.07, 6.45) is 0. The van der Waals surface area contributed by atoms with Crippen LogP contribution in [0.2, 0.25) is 0 Å². The highest BCUT2D eigenvalue weighted by Gasteiger charge is 2.25. The van der Waals surface area contributed by atoms with Crippen LogP contribution in [0.1, 0.15) is 13.8 Å². The van der Waals surface area contributed by atoms with Gasteiger partial charge in [0, 0.05) is 32.7 Å². The number of carbonyl (C=O) groups is 2. The molecule has 0 spiro atoms. The van der Waals surface area contributed by atoms with Gasteiger partial charge in [-0.3, -0.25) is 9.59 Å². The van der Waals surface area contributed by atoms with E-state index >= 15 is 0 Å². The van der Waals surface area contributed by atoms with Gasteiger partial charge in [-0.1, -0.05) is 0 Å². The molecule has 6 nitrogen and oxygen atoms in total. The first-order chi connectivity index (χ1) is 8.33. The van der Waals surface area contributed by atoms with Crippen LogP contribution in [0.25, 0.3) is 0 Å². The van der Waals surface area contributed by atoms with E-state index in [0.29, 0.717) is 6.54 Å². The van der Waals surface area contributed by atoms with Crippen molar-refractivity contribution < 1.29 is 9.59 Å². The molecule has 0 saturated carbocycles. The molecule has 0 atom stereocenters. The first-order valence-corrected chi connectivity index (χ1v) is 6.30. The number of nitrogens with two attached hydrogens (primary N) is 1. The highest BCUT2D eigenvalue weighted by atomic mass is 16.2. The first-order valence-electron chi connectivity index (χ1n) is 6.30. The number of carbonyl (C=O) groups excluding carboxylic acids is 2. The predicted molar refractivity (Wildman–Crippen MR) is 69.9 cm³/mol. The van der Waals surface area contributed by atoms with Crippen molar-refractivity contribution in [3.05, 3.63) is 0 Å². The summed E-state index contributed by atoms with van der Waals surface area (Å²) >= 11 is 0. The van der Waals surface area contributed by atoms with Crippen molar-refractivity contribution in [2.24, 2.45) is 11.1 Å². The number of likely N-dealkylation sites (N-methyl/N-ethyl adjacent to an activating group) is 1. The topological polar surface area (TPSA) is 78.7 Å². The van der Waals surface area contributed by atoms with Crippen molar-refractivity contribution in [1.29, 1.82) is 0 Å². The van der Waals surface area contributed by atoms with Crippen molar-refractivity contribution in [2.45, 2.75) is 13.8 Å². The van der Waals surface area contributed by atoms with E-state index in [4.69, 9.17) is 5.73 Å². The van der Waals surface area contributed by atoms with Gasteiger partial charge in [-0.2, -0.15) is 0 Å². The van der Waals surface area contributed by atoms with Gasteiger partial charge in [0.05, 0.1) is 12.0 Å². The number of amides is 2. The number of nitrogens with one attached hydrogen (secondary N) is 1. The monoisotopic (exact) mass is 256 g/mol. The molecule has 1 aliphatic rings. The van der Waals surface area contributed by atoms with Gasteiger partial charge >= 0.3 is 0 Å². The van der Waals surface area contributed by atoms with Gasteiger partial charge in [0.25, 0.3) is 0 Å². The Morgan fingerprint density at radius 2 is 1.78 bits per heavy atom. The Labute approximate surface area is 108 Å². The van der Waals surface area contributed by atoms with E-state index in [9.17, 15) is 9.59 Å². The molecule has 0 aromatic carbocycles. The highest BCUT2D eigenvalue weighted by Crippen LogP contribution is 2.11. The zero-order valence-electron chi connectivity index (χ0n) is 11.5. The van der Waals surface area contributed by atoms with Crippen LogP contribution >= 0.6 is 0 Å². The third-order valence-electron chi connectivity index (χ3n) is 3.37. The second-order valence-corrected chi connectivity index (χ2v) is 5.54. The van der Waals surface area contributed by atoms with Crippen molar-refractivity contribution in [3.63, 3.8) is 0 Å². The molecule has 0 aromatic rings. The molecule has 1 heterocycles. The molecule has 2 amide bonds. The van der Waals surface area contributed by atoms with Gasteiger partial charge in [0.1, 0.15) is 0 Å². The third-order valence-corrected chi connectivity index (χ3v) is 3.37. The van der Waals surface area contributed by atoms with Crippen LogP contribution in [0.3, 0.4) is 0 Å². The normalized spacial score (nSPS) is 17.8. The molecular formula is C12H24N4O2. The summed E-state index contributed by atoms with van der Waals surface area (Å²) in [6, 6.07) is 0. The number of primary amides is 1. The lowest BCUT2D eigenvalue weighted by Crippen LogP contribution is -2.50. The molecular weight excluding hydrogens is 232 g/mol. The average Bonchev–Trinajstić information content (AvgIpc) is 2.29. The Kier molecular flexibility index (Phi) is 5.10. The fraction of sp³-hybridized carbons (Fsp3) is 0.833. The molecule has 0 radical (unpaired) electrons. The van der Waals surface area contributed by atoms with Crippen LogP contribution in [0, 0.1) is 5.41 Å². The summed E-state index contributed by atoms with van der Waals surface area (Å²) in [5.74, 6) is -0.273. The van der Waals surface area contributed by atoms with Crippen LogP contribution in [0.5, 0.6) is 0 Å². The van der Waals surface area contributed by atoms with Crippen molar-refractivity contribution in [2.75, 3.05) is 46.3 Å². The molecule has 1 rings (SSSR count). The molecule has 18 heavy (non-hydrogen) atoms. The Morgan fingerprint density at radius 1 is 1.22 bits per heavy atom. The van der Waals surface area contributed by atoms with Gasteiger partial charge in [-0.15, -0.1) is 0 Å². The zero-order chi connectivity index (χ0) is 13.8. The quantitative estimate of drug-likeness (QED) is 0.652. The van der Waals surface area contributed by atoms with Gasteiger partial charge in [0.15, 0.2) is 0 Å². The number of nitrogens with zero attached hydrogens (tertiary/aromatic N) is 2. The third kappa shape index (κ3) is 4.27. The minimum Gasteiger partial charge on any atom is -0.369 e. The number of hydrogen-bond acceptors (Lipinski definition) is 4. The summed E-state index contributed by atoms with van der Waals surface area (Å²) < 4.78 is 0. The van der Waals surface area contributed by atoms with E-state index in [2.05, 4.69) is 17.3 Å². The van der Waals surface area contributed by atoms with Gasteiger partial charge in [-0.25, -0.2) is 0 Å².